The van der Waals surface area contributed by atoms with Gasteiger partial charge in [-0.1, -0.05) is 19.3 Å². The molecule has 0 bridgehead atoms. The quantitative estimate of drug-likeness (QED) is 0.553. The summed E-state index contributed by atoms with van der Waals surface area (Å²) in [5.74, 6) is 0.412. The number of aryl methyl sites for hydroxylation is 1. The van der Waals surface area contributed by atoms with Gasteiger partial charge in [0.1, 0.15) is 5.39 Å². The van der Waals surface area contributed by atoms with Crippen molar-refractivity contribution in [1.82, 2.24) is 19.7 Å². The SMILES string of the molecule is Cc1cc(Nc2nn([C@H]3CCCCCC3C#N)c3cc[nH]c(=O)c23)ccc1C(=O)N1CCCC1. The number of likely N-dealkylation sites (tertiary alicyclic amines) is 1. The van der Waals surface area contributed by atoms with E-state index in [1.807, 2.05) is 40.8 Å². The lowest BCUT2D eigenvalue weighted by molar-refractivity contribution is 0.0792. The zero-order valence-electron chi connectivity index (χ0n) is 19.5. The second kappa shape index (κ2) is 9.34. The van der Waals surface area contributed by atoms with E-state index in [2.05, 4.69) is 16.4 Å². The van der Waals surface area contributed by atoms with Gasteiger partial charge in [0.05, 0.1) is 23.5 Å². The van der Waals surface area contributed by atoms with Crippen LogP contribution in [0.1, 0.15) is 66.9 Å². The van der Waals surface area contributed by atoms with Crippen molar-refractivity contribution in [2.24, 2.45) is 5.92 Å². The zero-order valence-corrected chi connectivity index (χ0v) is 19.5. The van der Waals surface area contributed by atoms with Crippen LogP contribution in [-0.2, 0) is 0 Å². The summed E-state index contributed by atoms with van der Waals surface area (Å²) in [7, 11) is 0. The van der Waals surface area contributed by atoms with Gasteiger partial charge in [0.15, 0.2) is 5.82 Å². The van der Waals surface area contributed by atoms with E-state index in [1.165, 1.54) is 0 Å². The van der Waals surface area contributed by atoms with E-state index >= 15 is 0 Å². The topological polar surface area (TPSA) is 107 Å². The van der Waals surface area contributed by atoms with E-state index in [4.69, 9.17) is 5.10 Å². The summed E-state index contributed by atoms with van der Waals surface area (Å²) in [6.45, 7) is 3.56. The summed E-state index contributed by atoms with van der Waals surface area (Å²) >= 11 is 0. The number of rotatable bonds is 4. The Hall–Kier alpha value is -3.60. The van der Waals surface area contributed by atoms with Crippen LogP contribution in [0.25, 0.3) is 10.9 Å². The van der Waals surface area contributed by atoms with Gasteiger partial charge in [0, 0.05) is 30.5 Å². The third-order valence-electron chi connectivity index (χ3n) is 7.20. The number of hydrogen-bond donors (Lipinski definition) is 2. The summed E-state index contributed by atoms with van der Waals surface area (Å²) in [5, 5.41) is 18.4. The smallest absolute Gasteiger partial charge is 0.261 e. The van der Waals surface area contributed by atoms with Crippen LogP contribution in [0.2, 0.25) is 0 Å². The number of H-pyrrole nitrogens is 1. The highest BCUT2D eigenvalue weighted by molar-refractivity contribution is 5.97. The molecule has 8 nitrogen and oxygen atoms in total. The Balaban J connectivity index is 1.50. The molecule has 2 aliphatic rings. The van der Waals surface area contributed by atoms with Gasteiger partial charge in [-0.05, 0) is 62.4 Å². The summed E-state index contributed by atoms with van der Waals surface area (Å²) in [6, 6.07) is 9.91. The number of nitrogens with one attached hydrogen (secondary N) is 2. The van der Waals surface area contributed by atoms with E-state index in [0.717, 1.165) is 74.8 Å². The Morgan fingerprint density at radius 3 is 2.71 bits per heavy atom. The van der Waals surface area contributed by atoms with Crippen molar-refractivity contribution >= 4 is 28.3 Å². The summed E-state index contributed by atoms with van der Waals surface area (Å²) in [4.78, 5) is 30.3. The van der Waals surface area contributed by atoms with Gasteiger partial charge >= 0.3 is 0 Å². The van der Waals surface area contributed by atoms with Crippen molar-refractivity contribution in [2.75, 3.05) is 18.4 Å². The number of anilines is 2. The molecule has 0 radical (unpaired) electrons. The van der Waals surface area contributed by atoms with Gasteiger partial charge in [-0.15, -0.1) is 0 Å². The minimum absolute atomic E-state index is 0.0606. The van der Waals surface area contributed by atoms with Crippen LogP contribution in [-0.4, -0.2) is 38.7 Å². The third kappa shape index (κ3) is 4.07. The first kappa shape index (κ1) is 22.2. The number of nitriles is 1. The maximum absolute atomic E-state index is 12.8. The Morgan fingerprint density at radius 2 is 1.94 bits per heavy atom. The normalized spacial score (nSPS) is 20.8. The first-order chi connectivity index (χ1) is 16.6. The fourth-order valence-corrected chi connectivity index (χ4v) is 5.38. The lowest BCUT2D eigenvalue weighted by Crippen LogP contribution is -2.28. The number of nitrogens with zero attached hydrogens (tertiary/aromatic N) is 4. The summed E-state index contributed by atoms with van der Waals surface area (Å²) in [6.07, 6.45) is 8.66. The molecule has 1 unspecified atom stereocenters. The number of amides is 1. The molecular formula is C26H30N6O2. The molecule has 1 aliphatic heterocycles. The third-order valence-corrected chi connectivity index (χ3v) is 7.20. The molecule has 2 atom stereocenters. The van der Waals surface area contributed by atoms with Crippen LogP contribution in [0, 0.1) is 24.2 Å². The molecule has 1 saturated carbocycles. The molecule has 5 rings (SSSR count). The Kier molecular flexibility index (Phi) is 6.10. The molecule has 1 aromatic carbocycles. The van der Waals surface area contributed by atoms with Crippen molar-refractivity contribution in [3.63, 3.8) is 0 Å². The van der Waals surface area contributed by atoms with Crippen molar-refractivity contribution < 1.29 is 4.79 Å². The van der Waals surface area contributed by atoms with Crippen LogP contribution in [0.5, 0.6) is 0 Å². The zero-order chi connectivity index (χ0) is 23.7. The number of aromatic amines is 1. The Morgan fingerprint density at radius 1 is 1.15 bits per heavy atom. The molecule has 0 spiro atoms. The van der Waals surface area contributed by atoms with Crippen LogP contribution in [0.3, 0.4) is 0 Å². The van der Waals surface area contributed by atoms with E-state index in [9.17, 15) is 14.9 Å². The fraction of sp³-hybridized carbons (Fsp3) is 0.462. The highest BCUT2D eigenvalue weighted by Crippen LogP contribution is 2.35. The molecule has 1 amide bonds. The van der Waals surface area contributed by atoms with Gasteiger partial charge < -0.3 is 15.2 Å². The average Bonchev–Trinajstić information content (AvgIpc) is 3.42. The van der Waals surface area contributed by atoms with Crippen molar-refractivity contribution in [1.29, 1.82) is 5.26 Å². The maximum atomic E-state index is 12.8. The minimum atomic E-state index is -0.217. The van der Waals surface area contributed by atoms with Crippen molar-refractivity contribution in [3.05, 3.63) is 51.9 Å². The molecule has 176 valence electrons. The predicted octanol–water partition coefficient (Wildman–Crippen LogP) is 4.66. The van der Waals surface area contributed by atoms with Gasteiger partial charge in [0.2, 0.25) is 0 Å². The van der Waals surface area contributed by atoms with Crippen molar-refractivity contribution in [2.45, 2.75) is 57.9 Å². The maximum Gasteiger partial charge on any atom is 0.261 e. The lowest BCUT2D eigenvalue weighted by Gasteiger charge is -2.20. The average molecular weight is 459 g/mol. The molecule has 2 fully saturated rings. The molecule has 8 heteroatoms. The van der Waals surface area contributed by atoms with Gasteiger partial charge in [-0.2, -0.15) is 10.4 Å². The van der Waals surface area contributed by atoms with Crippen LogP contribution < -0.4 is 10.9 Å². The van der Waals surface area contributed by atoms with Crippen LogP contribution >= 0.6 is 0 Å². The van der Waals surface area contributed by atoms with Gasteiger partial charge in [-0.25, -0.2) is 0 Å². The monoisotopic (exact) mass is 458 g/mol. The highest BCUT2D eigenvalue weighted by atomic mass is 16.2. The highest BCUT2D eigenvalue weighted by Gasteiger charge is 2.29. The molecule has 34 heavy (non-hydrogen) atoms. The number of pyridine rings is 1. The standard InChI is InChI=1S/C26H30N6O2/c1-17-15-19(9-10-20(17)26(34)31-13-5-6-14-31)29-24-23-22(11-12-28-25(23)33)32(30-24)21-8-4-2-3-7-18(21)16-27/h9-12,15,18,21H,2-8,13-14H2,1H3,(H,28,33)(H,29,30)/t18?,21-/m0/s1. The first-order valence-electron chi connectivity index (χ1n) is 12.2. The summed E-state index contributed by atoms with van der Waals surface area (Å²) < 4.78 is 1.88. The number of carbonyl (C=O) groups is 1. The number of benzene rings is 1. The minimum Gasteiger partial charge on any atom is -0.339 e. The number of hydrogen-bond acceptors (Lipinski definition) is 5. The molecule has 1 saturated heterocycles. The lowest BCUT2D eigenvalue weighted by atomic mass is 9.96. The van der Waals surface area contributed by atoms with Gasteiger partial charge in [-0.3, -0.25) is 14.3 Å². The van der Waals surface area contributed by atoms with Crippen molar-refractivity contribution in [3.8, 4) is 6.07 Å². The molecule has 1 aliphatic carbocycles. The number of carbonyl (C=O) groups excluding carboxylic acids is 1. The molecular weight excluding hydrogens is 428 g/mol. The molecule has 3 heterocycles. The molecule has 3 aromatic rings. The first-order valence-corrected chi connectivity index (χ1v) is 12.2. The van der Waals surface area contributed by atoms with E-state index < -0.39 is 0 Å². The second-order valence-electron chi connectivity index (χ2n) is 9.46. The second-order valence-corrected chi connectivity index (χ2v) is 9.46. The Labute approximate surface area is 198 Å². The summed E-state index contributed by atoms with van der Waals surface area (Å²) in [5.41, 5.74) is 2.87. The largest absolute Gasteiger partial charge is 0.339 e. The number of aromatic nitrogens is 3. The predicted molar refractivity (Wildman–Crippen MR) is 131 cm³/mol. The van der Waals surface area contributed by atoms with Crippen LogP contribution in [0.4, 0.5) is 11.5 Å². The van der Waals surface area contributed by atoms with Gasteiger partial charge in [0.25, 0.3) is 11.5 Å². The Bertz CT molecular complexity index is 1310. The van der Waals surface area contributed by atoms with Crippen LogP contribution in [0.15, 0.2) is 35.3 Å². The fourth-order valence-electron chi connectivity index (χ4n) is 5.38. The molecule has 2 N–H and O–H groups in total. The molecule has 2 aromatic heterocycles. The van der Waals surface area contributed by atoms with E-state index in [0.29, 0.717) is 16.8 Å². The number of fused-ring (bicyclic) bond motifs is 1. The van der Waals surface area contributed by atoms with E-state index in [1.54, 1.807) is 6.20 Å². The van der Waals surface area contributed by atoms with E-state index in [-0.39, 0.29) is 23.4 Å².